The maximum absolute atomic E-state index is 13.3. The first-order chi connectivity index (χ1) is 30.1. The number of nitrogens with one attached hydrogen (secondary N) is 5. The smallest absolute Gasteiger partial charge is 0.413 e. The van der Waals surface area contributed by atoms with E-state index in [0.29, 0.717) is 17.7 Å². The average molecular weight is 842 g/mol. The molecule has 5 rings (SSSR count). The molecule has 0 spiro atoms. The third-order valence-corrected chi connectivity index (χ3v) is 9.01. The van der Waals surface area contributed by atoms with Crippen molar-refractivity contribution in [3.05, 3.63) is 173 Å². The largest absolute Gasteiger partial charge is 0.482 e. The van der Waals surface area contributed by atoms with Crippen LogP contribution in [0.3, 0.4) is 0 Å². The summed E-state index contributed by atoms with van der Waals surface area (Å²) in [5.41, 5.74) is 3.85. The van der Waals surface area contributed by atoms with Crippen molar-refractivity contribution in [3.8, 4) is 5.75 Å². The van der Waals surface area contributed by atoms with E-state index in [1.165, 1.54) is 24.3 Å². The predicted octanol–water partition coefficient (Wildman–Crippen LogP) is 5.16. The lowest BCUT2D eigenvalue weighted by Gasteiger charge is -2.18. The third kappa shape index (κ3) is 16.1. The molecule has 5 N–H and O–H groups in total. The lowest BCUT2D eigenvalue weighted by atomic mass is 10.1. The second-order valence-corrected chi connectivity index (χ2v) is 13.7. The van der Waals surface area contributed by atoms with Gasteiger partial charge in [0.2, 0.25) is 11.8 Å². The number of ether oxygens (including phenoxy) is 4. The highest BCUT2D eigenvalue weighted by Crippen LogP contribution is 2.13. The maximum atomic E-state index is 13.3. The van der Waals surface area contributed by atoms with Crippen LogP contribution in [0.1, 0.15) is 51.0 Å². The number of amides is 4. The van der Waals surface area contributed by atoms with Gasteiger partial charge in [-0.15, -0.1) is 0 Å². The minimum Gasteiger partial charge on any atom is -0.482 e. The second-order valence-electron chi connectivity index (χ2n) is 13.7. The van der Waals surface area contributed by atoms with Crippen LogP contribution in [0.4, 0.5) is 4.79 Å². The molecule has 320 valence electrons. The average Bonchev–Trinajstić information content (AvgIpc) is 3.30. The van der Waals surface area contributed by atoms with E-state index in [0.717, 1.165) is 22.3 Å². The van der Waals surface area contributed by atoms with E-state index in [9.17, 15) is 28.8 Å². The van der Waals surface area contributed by atoms with Crippen LogP contribution >= 0.6 is 0 Å². The molecule has 4 amide bonds. The van der Waals surface area contributed by atoms with E-state index in [1.807, 2.05) is 54.6 Å². The van der Waals surface area contributed by atoms with Gasteiger partial charge in [-0.1, -0.05) is 115 Å². The Kier molecular flexibility index (Phi) is 17.8. The van der Waals surface area contributed by atoms with Gasteiger partial charge in [0.1, 0.15) is 37.4 Å². The van der Waals surface area contributed by atoms with Gasteiger partial charge in [-0.2, -0.15) is 0 Å². The number of hydrogen-bond acceptors (Lipinski definition) is 11. The maximum Gasteiger partial charge on any atom is 0.413 e. The van der Waals surface area contributed by atoms with E-state index < -0.39 is 48.2 Å². The Bertz CT molecular complexity index is 2260. The summed E-state index contributed by atoms with van der Waals surface area (Å²) in [4.78, 5) is 76.2. The molecular formula is C47H47N5O10. The van der Waals surface area contributed by atoms with E-state index >= 15 is 0 Å². The Morgan fingerprint density at radius 2 is 1.08 bits per heavy atom. The molecular weight excluding hydrogens is 795 g/mol. The van der Waals surface area contributed by atoms with Gasteiger partial charge < -0.3 is 34.9 Å². The molecule has 0 heterocycles. The second kappa shape index (κ2) is 24.3. The molecule has 5 aromatic carbocycles. The van der Waals surface area contributed by atoms with Gasteiger partial charge in [0.05, 0.1) is 6.42 Å². The van der Waals surface area contributed by atoms with Crippen LogP contribution in [0, 0.1) is 5.41 Å². The first-order valence-electron chi connectivity index (χ1n) is 19.7. The van der Waals surface area contributed by atoms with Gasteiger partial charge in [-0.3, -0.25) is 29.9 Å². The lowest BCUT2D eigenvalue weighted by molar-refractivity contribution is -0.148. The molecule has 0 bridgehead atoms. The molecule has 0 aliphatic heterocycles. The van der Waals surface area contributed by atoms with E-state index in [1.54, 1.807) is 60.7 Å². The fraction of sp³-hybridized carbons (Fsp3) is 0.213. The van der Waals surface area contributed by atoms with Crippen LogP contribution in [0.5, 0.6) is 5.75 Å². The van der Waals surface area contributed by atoms with Crippen molar-refractivity contribution >= 4 is 41.6 Å². The zero-order chi connectivity index (χ0) is 43.9. The number of alkyl carbamates (subject to hydrolysis) is 1. The Balaban J connectivity index is 1.05. The number of esters is 2. The van der Waals surface area contributed by atoms with Gasteiger partial charge in [0.25, 0.3) is 5.91 Å². The van der Waals surface area contributed by atoms with Crippen molar-refractivity contribution in [1.29, 1.82) is 5.41 Å². The minimum absolute atomic E-state index is 0.0114. The first-order valence-corrected chi connectivity index (χ1v) is 19.7. The zero-order valence-electron chi connectivity index (χ0n) is 33.8. The Hall–Kier alpha value is -7.81. The highest BCUT2D eigenvalue weighted by atomic mass is 16.6. The van der Waals surface area contributed by atoms with Crippen molar-refractivity contribution in [3.63, 3.8) is 0 Å². The fourth-order valence-electron chi connectivity index (χ4n) is 5.68. The van der Waals surface area contributed by atoms with Gasteiger partial charge in [0.15, 0.2) is 6.61 Å². The molecule has 0 fully saturated rings. The number of benzene rings is 5. The number of carbonyl (C=O) groups is 6. The molecule has 15 heteroatoms. The monoisotopic (exact) mass is 841 g/mol. The van der Waals surface area contributed by atoms with Gasteiger partial charge in [0, 0.05) is 30.6 Å². The molecule has 15 nitrogen and oxygen atoms in total. The molecule has 1 atom stereocenters. The molecule has 0 saturated heterocycles. The summed E-state index contributed by atoms with van der Waals surface area (Å²) in [6, 6.07) is 39.0. The number of amidine groups is 1. The van der Waals surface area contributed by atoms with E-state index in [-0.39, 0.29) is 57.3 Å². The summed E-state index contributed by atoms with van der Waals surface area (Å²) in [5, 5.41) is 18.5. The fourth-order valence-corrected chi connectivity index (χ4v) is 5.68. The SMILES string of the molecule is N=C(NC(=O)OCc1ccccc1)c1ccc(C(=O)NCCC(=O)N[C@@H](CC(=O)OCc2ccccc2)C(=O)NCCc2ccc(OCC(=O)OCc3ccccc3)cc2)cc1. The summed E-state index contributed by atoms with van der Waals surface area (Å²) in [6.07, 6.45) is -1.02. The van der Waals surface area contributed by atoms with Gasteiger partial charge >= 0.3 is 18.0 Å². The van der Waals surface area contributed by atoms with Crippen molar-refractivity contribution < 1.29 is 47.7 Å². The standard InChI is InChI=1S/C47H47N5O10/c48-44(52-47(58)62-31-36-14-8-3-9-15-36)37-18-20-38(21-19-37)45(56)49-27-25-41(53)51-40(28-42(54)60-29-34-10-4-1-5-11-34)46(57)50-26-24-33-16-22-39(23-17-33)59-32-43(55)61-30-35-12-6-2-7-13-35/h1-23,40H,24-32H2,(H,49,56)(H,50,57)(H,51,53)(H2,48,52,58)/t40-/m0/s1. The normalized spacial score (nSPS) is 10.9. The van der Waals surface area contributed by atoms with E-state index in [4.69, 9.17) is 24.4 Å². The van der Waals surface area contributed by atoms with Crippen LogP contribution in [0.2, 0.25) is 0 Å². The molecule has 5 aromatic rings. The topological polar surface area (TPSA) is 211 Å². The Labute approximate surface area is 358 Å². The van der Waals surface area contributed by atoms with Crippen molar-refractivity contribution in [2.75, 3.05) is 19.7 Å². The molecule has 0 aromatic heterocycles. The Morgan fingerprint density at radius 1 is 0.548 bits per heavy atom. The summed E-state index contributed by atoms with van der Waals surface area (Å²) in [7, 11) is 0. The van der Waals surface area contributed by atoms with Crippen LogP contribution in [-0.4, -0.2) is 67.3 Å². The number of carbonyl (C=O) groups excluding carboxylic acids is 6. The predicted molar refractivity (Wildman–Crippen MR) is 228 cm³/mol. The highest BCUT2D eigenvalue weighted by molar-refractivity contribution is 6.05. The quantitative estimate of drug-likeness (QED) is 0.0284. The van der Waals surface area contributed by atoms with Crippen molar-refractivity contribution in [1.82, 2.24) is 21.3 Å². The van der Waals surface area contributed by atoms with Gasteiger partial charge in [-0.25, -0.2) is 9.59 Å². The summed E-state index contributed by atoms with van der Waals surface area (Å²) in [6.45, 7) is 0.0154. The van der Waals surface area contributed by atoms with Gasteiger partial charge in [-0.05, 0) is 52.9 Å². The molecule has 62 heavy (non-hydrogen) atoms. The first kappa shape index (κ1) is 45.3. The number of rotatable bonds is 21. The summed E-state index contributed by atoms with van der Waals surface area (Å²) >= 11 is 0. The number of hydrogen-bond donors (Lipinski definition) is 5. The molecule has 0 unspecified atom stereocenters. The van der Waals surface area contributed by atoms with Crippen LogP contribution in [0.25, 0.3) is 0 Å². The van der Waals surface area contributed by atoms with Crippen LogP contribution in [0.15, 0.2) is 140 Å². The lowest BCUT2D eigenvalue weighted by Crippen LogP contribution is -2.48. The van der Waals surface area contributed by atoms with Crippen LogP contribution < -0.4 is 26.0 Å². The molecule has 0 aliphatic rings. The van der Waals surface area contributed by atoms with Crippen molar-refractivity contribution in [2.45, 2.75) is 45.1 Å². The summed E-state index contributed by atoms with van der Waals surface area (Å²) in [5.74, 6) is -2.64. The van der Waals surface area contributed by atoms with Crippen LogP contribution in [-0.2, 0) is 59.6 Å². The Morgan fingerprint density at radius 3 is 1.66 bits per heavy atom. The minimum atomic E-state index is -1.26. The van der Waals surface area contributed by atoms with E-state index in [2.05, 4.69) is 21.3 Å². The molecule has 0 radical (unpaired) electrons. The summed E-state index contributed by atoms with van der Waals surface area (Å²) < 4.78 is 21.3. The third-order valence-electron chi connectivity index (χ3n) is 9.01. The zero-order valence-corrected chi connectivity index (χ0v) is 33.8. The van der Waals surface area contributed by atoms with Crippen molar-refractivity contribution in [2.24, 2.45) is 0 Å². The molecule has 0 aliphatic carbocycles. The highest BCUT2D eigenvalue weighted by Gasteiger charge is 2.25. The molecule has 0 saturated carbocycles.